The molecular formula is C17H29NOS. The molecule has 2 nitrogen and oxygen atoms in total. The minimum atomic E-state index is 0.319. The largest absolute Gasteiger partial charge is 0.396 e. The quantitative estimate of drug-likeness (QED) is 0.709. The summed E-state index contributed by atoms with van der Waals surface area (Å²) >= 11 is 1.88. The van der Waals surface area contributed by atoms with Gasteiger partial charge in [0, 0.05) is 17.5 Å². The lowest BCUT2D eigenvalue weighted by molar-refractivity contribution is 0.239. The summed E-state index contributed by atoms with van der Waals surface area (Å²) < 4.78 is 0. The molecule has 0 radical (unpaired) electrons. The Morgan fingerprint density at radius 3 is 2.75 bits per heavy atom. The Morgan fingerprint density at radius 2 is 2.15 bits per heavy atom. The first-order valence-corrected chi connectivity index (χ1v) is 9.10. The van der Waals surface area contributed by atoms with E-state index in [0.29, 0.717) is 18.6 Å². The summed E-state index contributed by atoms with van der Waals surface area (Å²) in [5.41, 5.74) is 0. The van der Waals surface area contributed by atoms with E-state index in [1.54, 1.807) is 0 Å². The summed E-state index contributed by atoms with van der Waals surface area (Å²) in [5.74, 6) is 1.43. The minimum Gasteiger partial charge on any atom is -0.396 e. The molecule has 0 saturated heterocycles. The van der Waals surface area contributed by atoms with Crippen LogP contribution in [0.1, 0.15) is 62.8 Å². The zero-order chi connectivity index (χ0) is 14.2. The number of nitrogens with one attached hydrogen (secondary N) is 1. The van der Waals surface area contributed by atoms with Crippen LogP contribution in [0.2, 0.25) is 0 Å². The zero-order valence-corrected chi connectivity index (χ0v) is 13.5. The summed E-state index contributed by atoms with van der Waals surface area (Å²) in [7, 11) is 0. The van der Waals surface area contributed by atoms with E-state index in [1.165, 1.54) is 43.4 Å². The fourth-order valence-electron chi connectivity index (χ4n) is 3.49. The molecule has 2 rings (SSSR count). The molecule has 1 aliphatic carbocycles. The van der Waals surface area contributed by atoms with E-state index < -0.39 is 0 Å². The lowest BCUT2D eigenvalue weighted by Gasteiger charge is -2.26. The molecule has 0 aromatic carbocycles. The molecule has 1 heterocycles. The second-order valence-electron chi connectivity index (χ2n) is 6.11. The molecule has 20 heavy (non-hydrogen) atoms. The predicted molar refractivity (Wildman–Crippen MR) is 87.1 cm³/mol. The third kappa shape index (κ3) is 4.57. The van der Waals surface area contributed by atoms with Crippen LogP contribution in [0.3, 0.4) is 0 Å². The van der Waals surface area contributed by atoms with Crippen LogP contribution >= 0.6 is 11.3 Å². The van der Waals surface area contributed by atoms with E-state index in [-0.39, 0.29) is 0 Å². The molecule has 3 heteroatoms. The Hall–Kier alpha value is -0.380. The number of hydrogen-bond donors (Lipinski definition) is 2. The Kier molecular flexibility index (Phi) is 7.05. The lowest BCUT2D eigenvalue weighted by atomic mass is 9.94. The van der Waals surface area contributed by atoms with Gasteiger partial charge in [0.05, 0.1) is 0 Å². The van der Waals surface area contributed by atoms with E-state index in [4.69, 9.17) is 0 Å². The molecule has 114 valence electrons. The highest BCUT2D eigenvalue weighted by Gasteiger charge is 2.27. The van der Waals surface area contributed by atoms with Crippen LogP contribution in [0.25, 0.3) is 0 Å². The van der Waals surface area contributed by atoms with Crippen molar-refractivity contribution in [1.82, 2.24) is 5.32 Å². The summed E-state index contributed by atoms with van der Waals surface area (Å²) in [6, 6.07) is 4.98. The van der Waals surface area contributed by atoms with E-state index in [0.717, 1.165) is 18.9 Å². The smallest absolute Gasteiger partial charge is 0.0443 e. The third-order valence-corrected chi connectivity index (χ3v) is 5.54. The molecule has 1 aromatic rings. The van der Waals surface area contributed by atoms with Crippen molar-refractivity contribution >= 4 is 11.3 Å². The number of rotatable bonds is 9. The molecule has 0 spiro atoms. The van der Waals surface area contributed by atoms with E-state index in [1.807, 2.05) is 11.3 Å². The van der Waals surface area contributed by atoms with Crippen molar-refractivity contribution in [3.05, 3.63) is 22.4 Å². The Morgan fingerprint density at radius 1 is 1.35 bits per heavy atom. The first kappa shape index (κ1) is 16.0. The molecule has 2 unspecified atom stereocenters. The number of hydrogen-bond acceptors (Lipinski definition) is 3. The standard InChI is InChI=1S/C17H29NOS/c1-2-6-14(10-11-19)13-18-17(15-7-3-4-8-15)16-9-5-12-20-16/h5,9,12,14-15,17-19H,2-4,6-8,10-11,13H2,1H3. The summed E-state index contributed by atoms with van der Waals surface area (Å²) in [5, 5.41) is 15.2. The monoisotopic (exact) mass is 295 g/mol. The second kappa shape index (κ2) is 8.81. The van der Waals surface area contributed by atoms with Gasteiger partial charge in [0.1, 0.15) is 0 Å². The molecule has 0 amide bonds. The number of thiophene rings is 1. The predicted octanol–water partition coefficient (Wildman–Crippen LogP) is 4.37. The normalized spacial score (nSPS) is 19.3. The summed E-state index contributed by atoms with van der Waals surface area (Å²) in [6.45, 7) is 3.60. The maximum absolute atomic E-state index is 9.20. The van der Waals surface area contributed by atoms with E-state index in [2.05, 4.69) is 29.8 Å². The van der Waals surface area contributed by atoms with Gasteiger partial charge in [0.25, 0.3) is 0 Å². The Labute approximate surface area is 127 Å². The van der Waals surface area contributed by atoms with Gasteiger partial charge in [0.15, 0.2) is 0 Å². The first-order chi connectivity index (χ1) is 9.85. The van der Waals surface area contributed by atoms with Crippen LogP contribution in [0, 0.1) is 11.8 Å². The fraction of sp³-hybridized carbons (Fsp3) is 0.765. The molecule has 1 saturated carbocycles. The van der Waals surface area contributed by atoms with Gasteiger partial charge < -0.3 is 10.4 Å². The van der Waals surface area contributed by atoms with Gasteiger partial charge in [-0.25, -0.2) is 0 Å². The van der Waals surface area contributed by atoms with E-state index in [9.17, 15) is 5.11 Å². The van der Waals surface area contributed by atoms with Crippen LogP contribution in [0.5, 0.6) is 0 Å². The molecule has 0 aliphatic heterocycles. The second-order valence-corrected chi connectivity index (χ2v) is 7.09. The van der Waals surface area contributed by atoms with Gasteiger partial charge in [0.2, 0.25) is 0 Å². The first-order valence-electron chi connectivity index (χ1n) is 8.22. The lowest BCUT2D eigenvalue weighted by Crippen LogP contribution is -2.31. The number of aliphatic hydroxyl groups excluding tert-OH is 1. The van der Waals surface area contributed by atoms with Crippen LogP contribution < -0.4 is 5.32 Å². The number of aliphatic hydroxyl groups is 1. The summed E-state index contributed by atoms with van der Waals surface area (Å²) in [6.07, 6.45) is 8.88. The van der Waals surface area contributed by atoms with Crippen LogP contribution in [-0.4, -0.2) is 18.3 Å². The highest BCUT2D eigenvalue weighted by molar-refractivity contribution is 7.10. The highest BCUT2D eigenvalue weighted by Crippen LogP contribution is 2.37. The van der Waals surface area contributed by atoms with Crippen molar-refractivity contribution in [2.24, 2.45) is 11.8 Å². The van der Waals surface area contributed by atoms with Crippen molar-refractivity contribution in [2.75, 3.05) is 13.2 Å². The van der Waals surface area contributed by atoms with Crippen LogP contribution in [0.15, 0.2) is 17.5 Å². The minimum absolute atomic E-state index is 0.319. The Balaban J connectivity index is 1.93. The Bertz CT molecular complexity index is 340. The van der Waals surface area contributed by atoms with Crippen molar-refractivity contribution in [3.8, 4) is 0 Å². The van der Waals surface area contributed by atoms with Crippen LogP contribution in [0.4, 0.5) is 0 Å². The van der Waals surface area contributed by atoms with Crippen molar-refractivity contribution < 1.29 is 5.11 Å². The molecule has 1 aromatic heterocycles. The molecule has 2 atom stereocenters. The maximum atomic E-state index is 9.20. The van der Waals surface area contributed by atoms with Gasteiger partial charge >= 0.3 is 0 Å². The van der Waals surface area contributed by atoms with Gasteiger partial charge in [-0.2, -0.15) is 0 Å². The summed E-state index contributed by atoms with van der Waals surface area (Å²) in [4.78, 5) is 1.50. The average molecular weight is 295 g/mol. The van der Waals surface area contributed by atoms with Crippen molar-refractivity contribution in [2.45, 2.75) is 57.9 Å². The van der Waals surface area contributed by atoms with Gasteiger partial charge in [-0.1, -0.05) is 32.3 Å². The molecule has 2 N–H and O–H groups in total. The maximum Gasteiger partial charge on any atom is 0.0443 e. The highest BCUT2D eigenvalue weighted by atomic mass is 32.1. The van der Waals surface area contributed by atoms with Gasteiger partial charge in [-0.3, -0.25) is 0 Å². The molecule has 0 bridgehead atoms. The van der Waals surface area contributed by atoms with Gasteiger partial charge in [-0.15, -0.1) is 11.3 Å². The van der Waals surface area contributed by atoms with Crippen molar-refractivity contribution in [3.63, 3.8) is 0 Å². The topological polar surface area (TPSA) is 32.3 Å². The van der Waals surface area contributed by atoms with Crippen LogP contribution in [-0.2, 0) is 0 Å². The SMILES string of the molecule is CCCC(CCO)CNC(c1cccs1)C1CCCC1. The fourth-order valence-corrected chi connectivity index (χ4v) is 4.39. The van der Waals surface area contributed by atoms with Gasteiger partial charge in [-0.05, 0) is 55.5 Å². The zero-order valence-electron chi connectivity index (χ0n) is 12.7. The van der Waals surface area contributed by atoms with Crippen molar-refractivity contribution in [1.29, 1.82) is 0 Å². The average Bonchev–Trinajstić information content (AvgIpc) is 3.13. The molecule has 1 aliphatic rings. The molecular weight excluding hydrogens is 266 g/mol. The molecule has 1 fully saturated rings. The van der Waals surface area contributed by atoms with E-state index >= 15 is 0 Å². The third-order valence-electron chi connectivity index (χ3n) is 4.58.